The van der Waals surface area contributed by atoms with Crippen molar-refractivity contribution in [3.8, 4) is 0 Å². The van der Waals surface area contributed by atoms with Crippen LogP contribution in [0.25, 0.3) is 0 Å². The molecule has 4 rings (SSSR count). The van der Waals surface area contributed by atoms with Crippen LogP contribution >= 0.6 is 46.6 Å². The van der Waals surface area contributed by atoms with Gasteiger partial charge in [-0.2, -0.15) is 0 Å². The monoisotopic (exact) mass is 584 g/mol. The van der Waals surface area contributed by atoms with Gasteiger partial charge in [-0.1, -0.05) is 65.1 Å². The maximum Gasteiger partial charge on any atom is 0.337 e. The number of carboxylic acids is 1. The number of thioether (sulfide) groups is 1. The molecule has 0 radical (unpaired) electrons. The van der Waals surface area contributed by atoms with Crippen LogP contribution in [0.15, 0.2) is 95.9 Å². The van der Waals surface area contributed by atoms with Crippen LogP contribution in [-0.4, -0.2) is 22.9 Å². The number of rotatable bonds is 8. The summed E-state index contributed by atoms with van der Waals surface area (Å²) in [6.07, 6.45) is 0. The average molecular weight is 586 g/mol. The molecule has 10 heteroatoms. The van der Waals surface area contributed by atoms with Crippen molar-refractivity contribution in [1.29, 1.82) is 0 Å². The summed E-state index contributed by atoms with van der Waals surface area (Å²) in [5.41, 5.74) is 1.82. The fourth-order valence-corrected chi connectivity index (χ4v) is 5.22. The molecular formula is C28H19Cl3N2O4S. The lowest BCUT2D eigenvalue weighted by molar-refractivity contribution is -0.115. The molecule has 192 valence electrons. The number of carboxylic acid groups (broad SMARTS) is 1. The summed E-state index contributed by atoms with van der Waals surface area (Å²) in [5, 5.41) is 15.0. The highest BCUT2D eigenvalue weighted by Crippen LogP contribution is 2.37. The number of halogens is 3. The molecule has 6 nitrogen and oxygen atoms in total. The summed E-state index contributed by atoms with van der Waals surface area (Å²) in [6, 6.07) is 25.2. The van der Waals surface area contributed by atoms with E-state index >= 15 is 0 Å². The van der Waals surface area contributed by atoms with Crippen molar-refractivity contribution in [3.63, 3.8) is 0 Å². The number of hydrogen-bond donors (Lipinski definition) is 3. The summed E-state index contributed by atoms with van der Waals surface area (Å²) in [4.78, 5) is 38.1. The summed E-state index contributed by atoms with van der Waals surface area (Å²) in [7, 11) is 0. The van der Waals surface area contributed by atoms with Gasteiger partial charge in [0.2, 0.25) is 5.91 Å². The van der Waals surface area contributed by atoms with E-state index in [4.69, 9.17) is 34.8 Å². The van der Waals surface area contributed by atoms with Gasteiger partial charge in [-0.25, -0.2) is 4.79 Å². The zero-order valence-corrected chi connectivity index (χ0v) is 22.5. The first kappa shape index (κ1) is 27.5. The van der Waals surface area contributed by atoms with Gasteiger partial charge in [0.25, 0.3) is 5.91 Å². The third kappa shape index (κ3) is 6.88. The van der Waals surface area contributed by atoms with Gasteiger partial charge in [0.05, 0.1) is 21.2 Å². The number of carbonyl (C=O) groups excluding carboxylic acids is 2. The molecule has 0 heterocycles. The standard InChI is InChI=1S/C28H19Cl3N2O4S/c29-17-6-12-21(24(31)14-17)26(34)32-18-7-10-20(11-8-18)38-25(16-4-2-1-3-5-16)27(35)33-19-9-13-23(30)22(15-19)28(36)37/h1-15,25H,(H,32,34)(H,33,35)(H,36,37). The molecule has 0 saturated carbocycles. The van der Waals surface area contributed by atoms with Crippen LogP contribution in [0.2, 0.25) is 15.1 Å². The Labute approximate surface area is 237 Å². The van der Waals surface area contributed by atoms with Gasteiger partial charge in [-0.3, -0.25) is 9.59 Å². The number of aromatic carboxylic acids is 1. The minimum Gasteiger partial charge on any atom is -0.478 e. The van der Waals surface area contributed by atoms with E-state index in [0.29, 0.717) is 22.0 Å². The van der Waals surface area contributed by atoms with Crippen LogP contribution in [0.5, 0.6) is 0 Å². The summed E-state index contributed by atoms with van der Waals surface area (Å²) < 4.78 is 0. The van der Waals surface area contributed by atoms with Gasteiger partial charge < -0.3 is 15.7 Å². The number of benzene rings is 4. The second-order valence-electron chi connectivity index (χ2n) is 8.00. The van der Waals surface area contributed by atoms with E-state index in [1.165, 1.54) is 30.0 Å². The Kier molecular flexibility index (Phi) is 8.97. The lowest BCUT2D eigenvalue weighted by Crippen LogP contribution is -2.19. The predicted molar refractivity (Wildman–Crippen MR) is 153 cm³/mol. The van der Waals surface area contributed by atoms with E-state index in [1.807, 2.05) is 30.3 Å². The molecule has 0 aliphatic heterocycles. The molecule has 2 amide bonds. The first-order valence-corrected chi connectivity index (χ1v) is 13.1. The van der Waals surface area contributed by atoms with Crippen LogP contribution in [0.3, 0.4) is 0 Å². The third-order valence-electron chi connectivity index (χ3n) is 5.35. The lowest BCUT2D eigenvalue weighted by atomic mass is 10.1. The second kappa shape index (κ2) is 12.4. The molecule has 0 aliphatic rings. The molecule has 1 unspecified atom stereocenters. The summed E-state index contributed by atoms with van der Waals surface area (Å²) in [5.74, 6) is -1.91. The molecule has 0 bridgehead atoms. The van der Waals surface area contributed by atoms with Crippen LogP contribution < -0.4 is 10.6 Å². The number of hydrogen-bond acceptors (Lipinski definition) is 4. The van der Waals surface area contributed by atoms with Crippen LogP contribution in [0, 0.1) is 0 Å². The minimum absolute atomic E-state index is 0.0787. The van der Waals surface area contributed by atoms with E-state index < -0.39 is 11.2 Å². The van der Waals surface area contributed by atoms with Gasteiger partial charge in [-0.15, -0.1) is 11.8 Å². The van der Waals surface area contributed by atoms with Crippen molar-refractivity contribution in [1.82, 2.24) is 0 Å². The van der Waals surface area contributed by atoms with Crippen molar-refractivity contribution in [3.05, 3.63) is 123 Å². The van der Waals surface area contributed by atoms with E-state index in [0.717, 1.165) is 10.5 Å². The third-order valence-corrected chi connectivity index (χ3v) is 7.49. The highest BCUT2D eigenvalue weighted by atomic mass is 35.5. The highest BCUT2D eigenvalue weighted by Gasteiger charge is 2.23. The molecular weight excluding hydrogens is 567 g/mol. The molecule has 0 fully saturated rings. The normalized spacial score (nSPS) is 11.4. The highest BCUT2D eigenvalue weighted by molar-refractivity contribution is 8.00. The maximum absolute atomic E-state index is 13.3. The van der Waals surface area contributed by atoms with Gasteiger partial charge >= 0.3 is 5.97 Å². The Hall–Kier alpha value is -3.49. The van der Waals surface area contributed by atoms with Crippen molar-refractivity contribution < 1.29 is 19.5 Å². The first-order chi connectivity index (χ1) is 18.2. The zero-order chi connectivity index (χ0) is 27.2. The number of amides is 2. The Morgan fingerprint density at radius 2 is 1.39 bits per heavy atom. The molecule has 0 spiro atoms. The largest absolute Gasteiger partial charge is 0.478 e. The molecule has 1 atom stereocenters. The maximum atomic E-state index is 13.3. The fourth-order valence-electron chi connectivity index (χ4n) is 3.50. The number of anilines is 2. The average Bonchev–Trinajstić information content (AvgIpc) is 2.89. The predicted octanol–water partition coefficient (Wildman–Crippen LogP) is 8.07. The van der Waals surface area contributed by atoms with E-state index in [-0.39, 0.29) is 27.4 Å². The minimum atomic E-state index is -1.19. The van der Waals surface area contributed by atoms with Gasteiger partial charge in [0, 0.05) is 21.3 Å². The van der Waals surface area contributed by atoms with E-state index in [9.17, 15) is 19.5 Å². The molecule has 4 aromatic carbocycles. The zero-order valence-electron chi connectivity index (χ0n) is 19.5. The van der Waals surface area contributed by atoms with Crippen molar-refractivity contribution >= 4 is 75.7 Å². The van der Waals surface area contributed by atoms with Gasteiger partial charge in [-0.05, 0) is 66.2 Å². The van der Waals surface area contributed by atoms with Crippen LogP contribution in [0.4, 0.5) is 11.4 Å². The van der Waals surface area contributed by atoms with Gasteiger partial charge in [0.1, 0.15) is 5.25 Å². The van der Waals surface area contributed by atoms with Gasteiger partial charge in [0.15, 0.2) is 0 Å². The SMILES string of the molecule is O=C(O)c1cc(NC(=O)C(Sc2ccc(NC(=O)c3ccc(Cl)cc3Cl)cc2)c2ccccc2)ccc1Cl. The second-order valence-corrected chi connectivity index (χ2v) is 10.4. The Balaban J connectivity index is 1.51. The number of carbonyl (C=O) groups is 3. The smallest absolute Gasteiger partial charge is 0.337 e. The van der Waals surface area contributed by atoms with E-state index in [1.54, 1.807) is 42.5 Å². The number of nitrogens with one attached hydrogen (secondary N) is 2. The molecule has 3 N–H and O–H groups in total. The van der Waals surface area contributed by atoms with Crippen molar-refractivity contribution in [2.45, 2.75) is 10.1 Å². The summed E-state index contributed by atoms with van der Waals surface area (Å²) >= 11 is 19.3. The quantitative estimate of drug-likeness (QED) is 0.182. The molecule has 0 saturated heterocycles. The van der Waals surface area contributed by atoms with Crippen molar-refractivity contribution in [2.75, 3.05) is 10.6 Å². The molecule has 38 heavy (non-hydrogen) atoms. The fraction of sp³-hybridized carbons (Fsp3) is 0.0357. The summed E-state index contributed by atoms with van der Waals surface area (Å²) in [6.45, 7) is 0. The lowest BCUT2D eigenvalue weighted by Gasteiger charge is -2.18. The van der Waals surface area contributed by atoms with Crippen molar-refractivity contribution in [2.24, 2.45) is 0 Å². The Morgan fingerprint density at radius 1 is 0.711 bits per heavy atom. The van der Waals surface area contributed by atoms with Crippen LogP contribution in [-0.2, 0) is 4.79 Å². The topological polar surface area (TPSA) is 95.5 Å². The molecule has 0 aromatic heterocycles. The Bertz CT molecular complexity index is 1500. The first-order valence-electron chi connectivity index (χ1n) is 11.1. The molecule has 4 aromatic rings. The molecule has 0 aliphatic carbocycles. The Morgan fingerprint density at radius 3 is 2.05 bits per heavy atom. The van der Waals surface area contributed by atoms with E-state index in [2.05, 4.69) is 10.6 Å². The van der Waals surface area contributed by atoms with Crippen LogP contribution in [0.1, 0.15) is 31.5 Å².